The third-order valence-electron chi connectivity index (χ3n) is 2.61. The second-order valence-electron chi connectivity index (χ2n) is 4.39. The maximum Gasteiger partial charge on any atom is 0.416 e. The minimum absolute atomic E-state index is 0.0688. The van der Waals surface area contributed by atoms with Crippen molar-refractivity contribution in [1.82, 2.24) is 4.98 Å². The molecule has 5 heteroatoms. The molecule has 18 heavy (non-hydrogen) atoms. The van der Waals surface area contributed by atoms with Crippen molar-refractivity contribution >= 4 is 10.9 Å². The van der Waals surface area contributed by atoms with Gasteiger partial charge in [0.1, 0.15) is 0 Å². The summed E-state index contributed by atoms with van der Waals surface area (Å²) in [7, 11) is 0. The summed E-state index contributed by atoms with van der Waals surface area (Å²) < 4.78 is 37.7. The monoisotopic (exact) mass is 254 g/mol. The number of aromatic nitrogens is 1. The third kappa shape index (κ3) is 2.79. The number of fused-ring (bicyclic) bond motifs is 1. The molecule has 0 spiro atoms. The first kappa shape index (κ1) is 12.8. The van der Waals surface area contributed by atoms with Gasteiger partial charge in [0.15, 0.2) is 0 Å². The van der Waals surface area contributed by atoms with Crippen LogP contribution in [0.15, 0.2) is 30.3 Å². The molecule has 1 aromatic heterocycles. The van der Waals surface area contributed by atoms with E-state index in [-0.39, 0.29) is 6.04 Å². The molecule has 2 rings (SSSR count). The van der Waals surface area contributed by atoms with Gasteiger partial charge in [-0.05, 0) is 25.1 Å². The van der Waals surface area contributed by atoms with Crippen molar-refractivity contribution in [3.63, 3.8) is 0 Å². The minimum atomic E-state index is -4.34. The molecule has 0 bridgehead atoms. The van der Waals surface area contributed by atoms with Crippen LogP contribution in [0.2, 0.25) is 0 Å². The summed E-state index contributed by atoms with van der Waals surface area (Å²) in [5.41, 5.74) is 6.02. The van der Waals surface area contributed by atoms with Crippen molar-refractivity contribution in [2.75, 3.05) is 0 Å². The molecule has 0 aliphatic carbocycles. The normalized spacial score (nSPS) is 13.8. The first-order valence-electron chi connectivity index (χ1n) is 5.59. The van der Waals surface area contributed by atoms with Crippen molar-refractivity contribution in [1.29, 1.82) is 0 Å². The number of halogens is 3. The average Bonchev–Trinajstić information content (AvgIpc) is 2.26. The molecule has 0 saturated heterocycles. The summed E-state index contributed by atoms with van der Waals surface area (Å²) in [4.78, 5) is 4.21. The Morgan fingerprint density at radius 1 is 1.22 bits per heavy atom. The first-order chi connectivity index (χ1) is 8.36. The van der Waals surface area contributed by atoms with Crippen molar-refractivity contribution in [3.05, 3.63) is 41.6 Å². The van der Waals surface area contributed by atoms with E-state index in [0.717, 1.165) is 12.1 Å². The lowest BCUT2D eigenvalue weighted by Crippen LogP contribution is -2.18. The maximum atomic E-state index is 12.6. The molecule has 0 amide bonds. The van der Waals surface area contributed by atoms with Crippen LogP contribution in [-0.4, -0.2) is 11.0 Å². The Balaban J connectivity index is 2.46. The van der Waals surface area contributed by atoms with E-state index in [1.807, 2.05) is 6.92 Å². The van der Waals surface area contributed by atoms with E-state index < -0.39 is 11.7 Å². The van der Waals surface area contributed by atoms with Crippen LogP contribution < -0.4 is 5.73 Å². The topological polar surface area (TPSA) is 38.9 Å². The molecule has 2 aromatic rings. The molecular formula is C13H13F3N2. The lowest BCUT2D eigenvalue weighted by atomic mass is 10.1. The Bertz CT molecular complexity index is 562. The molecular weight excluding hydrogens is 241 g/mol. The predicted molar refractivity (Wildman–Crippen MR) is 64.1 cm³/mol. The fraction of sp³-hybridized carbons (Fsp3) is 0.308. The fourth-order valence-corrected chi connectivity index (χ4v) is 1.78. The summed E-state index contributed by atoms with van der Waals surface area (Å²) in [5, 5.41) is 0.691. The molecule has 1 heterocycles. The average molecular weight is 254 g/mol. The third-order valence-corrected chi connectivity index (χ3v) is 2.61. The van der Waals surface area contributed by atoms with E-state index in [1.54, 1.807) is 12.1 Å². The van der Waals surface area contributed by atoms with Gasteiger partial charge < -0.3 is 5.73 Å². The summed E-state index contributed by atoms with van der Waals surface area (Å²) in [5.74, 6) is 0. The Morgan fingerprint density at radius 2 is 1.89 bits per heavy atom. The van der Waals surface area contributed by atoms with E-state index in [1.165, 1.54) is 6.07 Å². The zero-order chi connectivity index (χ0) is 13.3. The first-order valence-corrected chi connectivity index (χ1v) is 5.59. The van der Waals surface area contributed by atoms with Crippen LogP contribution in [0.4, 0.5) is 13.2 Å². The standard InChI is InChI=1S/C13H13F3N2/c1-8(17)6-11-5-3-9-2-4-10(13(14,15)16)7-12(9)18-11/h2-5,7-8H,6,17H2,1H3. The highest BCUT2D eigenvalue weighted by Crippen LogP contribution is 2.30. The second kappa shape index (κ2) is 4.57. The number of benzene rings is 1. The number of hydrogen-bond donors (Lipinski definition) is 1. The maximum absolute atomic E-state index is 12.6. The summed E-state index contributed by atoms with van der Waals surface area (Å²) in [6.07, 6.45) is -3.79. The molecule has 1 aromatic carbocycles. The number of rotatable bonds is 2. The van der Waals surface area contributed by atoms with Crippen LogP contribution in [0.3, 0.4) is 0 Å². The number of nitrogens with zero attached hydrogens (tertiary/aromatic N) is 1. The van der Waals surface area contributed by atoms with Gasteiger partial charge in [0.25, 0.3) is 0 Å². The fourth-order valence-electron chi connectivity index (χ4n) is 1.78. The van der Waals surface area contributed by atoms with Gasteiger partial charge in [0, 0.05) is 23.5 Å². The minimum Gasteiger partial charge on any atom is -0.328 e. The van der Waals surface area contributed by atoms with E-state index in [2.05, 4.69) is 4.98 Å². The van der Waals surface area contributed by atoms with Gasteiger partial charge in [-0.25, -0.2) is 0 Å². The molecule has 2 nitrogen and oxygen atoms in total. The van der Waals surface area contributed by atoms with Crippen LogP contribution in [-0.2, 0) is 12.6 Å². The molecule has 1 atom stereocenters. The van der Waals surface area contributed by atoms with Gasteiger partial charge in [0.2, 0.25) is 0 Å². The molecule has 2 N–H and O–H groups in total. The summed E-state index contributed by atoms with van der Waals surface area (Å²) in [6.45, 7) is 1.83. The largest absolute Gasteiger partial charge is 0.416 e. The quantitative estimate of drug-likeness (QED) is 0.894. The van der Waals surface area contributed by atoms with Gasteiger partial charge in [0.05, 0.1) is 11.1 Å². The van der Waals surface area contributed by atoms with Gasteiger partial charge >= 0.3 is 6.18 Å². The lowest BCUT2D eigenvalue weighted by Gasteiger charge is -2.09. The van der Waals surface area contributed by atoms with Crippen LogP contribution in [0.5, 0.6) is 0 Å². The van der Waals surface area contributed by atoms with Crippen LogP contribution in [0.25, 0.3) is 10.9 Å². The summed E-state index contributed by atoms with van der Waals surface area (Å²) >= 11 is 0. The molecule has 0 saturated carbocycles. The highest BCUT2D eigenvalue weighted by molar-refractivity contribution is 5.79. The highest BCUT2D eigenvalue weighted by Gasteiger charge is 2.30. The Hall–Kier alpha value is -1.62. The zero-order valence-electron chi connectivity index (χ0n) is 9.83. The molecule has 0 fully saturated rings. The summed E-state index contributed by atoms with van der Waals surface area (Å²) in [6, 6.07) is 7.05. The second-order valence-corrected chi connectivity index (χ2v) is 4.39. The number of pyridine rings is 1. The SMILES string of the molecule is CC(N)Cc1ccc2ccc(C(F)(F)F)cc2n1. The van der Waals surface area contributed by atoms with Crippen LogP contribution in [0, 0.1) is 0 Å². The Morgan fingerprint density at radius 3 is 2.50 bits per heavy atom. The van der Waals surface area contributed by atoms with Gasteiger partial charge in [-0.2, -0.15) is 13.2 Å². The Labute approximate surface area is 103 Å². The van der Waals surface area contributed by atoms with Crippen molar-refractivity contribution in [2.24, 2.45) is 5.73 Å². The van der Waals surface area contributed by atoms with Crippen molar-refractivity contribution in [3.8, 4) is 0 Å². The van der Waals surface area contributed by atoms with E-state index >= 15 is 0 Å². The number of nitrogens with two attached hydrogens (primary N) is 1. The van der Waals surface area contributed by atoms with Gasteiger partial charge in [-0.15, -0.1) is 0 Å². The molecule has 0 radical (unpaired) electrons. The van der Waals surface area contributed by atoms with Gasteiger partial charge in [-0.3, -0.25) is 4.98 Å². The van der Waals surface area contributed by atoms with Crippen LogP contribution in [0.1, 0.15) is 18.2 Å². The Kier molecular flexibility index (Phi) is 3.26. The van der Waals surface area contributed by atoms with Crippen LogP contribution >= 0.6 is 0 Å². The van der Waals surface area contributed by atoms with Crippen molar-refractivity contribution < 1.29 is 13.2 Å². The lowest BCUT2D eigenvalue weighted by molar-refractivity contribution is -0.137. The molecule has 0 aliphatic heterocycles. The molecule has 1 unspecified atom stereocenters. The number of hydrogen-bond acceptors (Lipinski definition) is 2. The molecule has 96 valence electrons. The smallest absolute Gasteiger partial charge is 0.328 e. The zero-order valence-corrected chi connectivity index (χ0v) is 9.83. The van der Waals surface area contributed by atoms with E-state index in [4.69, 9.17) is 5.73 Å². The van der Waals surface area contributed by atoms with Crippen molar-refractivity contribution in [2.45, 2.75) is 25.6 Å². The number of alkyl halides is 3. The van der Waals surface area contributed by atoms with E-state index in [0.29, 0.717) is 23.0 Å². The highest BCUT2D eigenvalue weighted by atomic mass is 19.4. The van der Waals surface area contributed by atoms with Gasteiger partial charge in [-0.1, -0.05) is 12.1 Å². The van der Waals surface area contributed by atoms with E-state index in [9.17, 15) is 13.2 Å². The predicted octanol–water partition coefficient (Wildman–Crippen LogP) is 3.14. The molecule has 0 aliphatic rings.